The van der Waals surface area contributed by atoms with E-state index in [9.17, 15) is 9.59 Å². The normalized spacial score (nSPS) is 24.8. The molecule has 6 nitrogen and oxygen atoms in total. The van der Waals surface area contributed by atoms with E-state index in [1.54, 1.807) is 9.80 Å². The van der Waals surface area contributed by atoms with Gasteiger partial charge in [-0.1, -0.05) is 18.2 Å². The lowest BCUT2D eigenvalue weighted by Gasteiger charge is -2.35. The molecule has 6 heteroatoms. The average molecular weight is 290 g/mol. The van der Waals surface area contributed by atoms with Gasteiger partial charge < -0.3 is 14.7 Å². The van der Waals surface area contributed by atoms with Crippen molar-refractivity contribution < 1.29 is 19.4 Å². The van der Waals surface area contributed by atoms with Gasteiger partial charge in [0.1, 0.15) is 0 Å². The van der Waals surface area contributed by atoms with Crippen molar-refractivity contribution in [1.82, 2.24) is 4.90 Å². The second-order valence-electron chi connectivity index (χ2n) is 5.48. The zero-order valence-electron chi connectivity index (χ0n) is 11.9. The standard InChI is InChI=1S/C15H18N2O4/c1-10-8-11-4-2-3-5-12(11)17(10)15(20)16-6-7-21-13(9-16)14(18)19/h2-5,10,13H,6-9H2,1H3,(H,18,19). The van der Waals surface area contributed by atoms with E-state index in [0.29, 0.717) is 6.54 Å². The van der Waals surface area contributed by atoms with E-state index in [4.69, 9.17) is 9.84 Å². The van der Waals surface area contributed by atoms with Crippen molar-refractivity contribution >= 4 is 17.7 Å². The number of carboxylic acid groups (broad SMARTS) is 1. The summed E-state index contributed by atoms with van der Waals surface area (Å²) in [6.07, 6.45) is -0.106. The van der Waals surface area contributed by atoms with E-state index < -0.39 is 12.1 Å². The fraction of sp³-hybridized carbons (Fsp3) is 0.467. The number of hydrogen-bond donors (Lipinski definition) is 1. The molecule has 0 aromatic heterocycles. The van der Waals surface area contributed by atoms with Crippen molar-refractivity contribution in [2.45, 2.75) is 25.5 Å². The topological polar surface area (TPSA) is 70.1 Å². The number of urea groups is 1. The van der Waals surface area contributed by atoms with Gasteiger partial charge in [-0.3, -0.25) is 4.90 Å². The Kier molecular flexibility index (Phi) is 3.55. The van der Waals surface area contributed by atoms with Crippen LogP contribution >= 0.6 is 0 Å². The van der Waals surface area contributed by atoms with Crippen molar-refractivity contribution in [1.29, 1.82) is 0 Å². The van der Waals surface area contributed by atoms with E-state index in [0.717, 1.165) is 17.7 Å². The minimum absolute atomic E-state index is 0.0843. The van der Waals surface area contributed by atoms with Crippen molar-refractivity contribution in [3.8, 4) is 0 Å². The molecule has 2 unspecified atom stereocenters. The first-order chi connectivity index (χ1) is 10.1. The Bertz CT molecular complexity index is 575. The molecule has 21 heavy (non-hydrogen) atoms. The minimum atomic E-state index is -1.03. The first-order valence-corrected chi connectivity index (χ1v) is 7.08. The minimum Gasteiger partial charge on any atom is -0.479 e. The third kappa shape index (κ3) is 2.47. The number of aliphatic carboxylic acids is 1. The van der Waals surface area contributed by atoms with Crippen LogP contribution in [0.15, 0.2) is 24.3 Å². The van der Waals surface area contributed by atoms with Crippen LogP contribution in [0.5, 0.6) is 0 Å². The summed E-state index contributed by atoms with van der Waals surface area (Å²) in [5, 5.41) is 9.04. The molecule has 2 amide bonds. The predicted octanol–water partition coefficient (Wildman–Crippen LogP) is 1.34. The van der Waals surface area contributed by atoms with Crippen molar-refractivity contribution in [3.63, 3.8) is 0 Å². The zero-order chi connectivity index (χ0) is 15.0. The summed E-state index contributed by atoms with van der Waals surface area (Å²) < 4.78 is 5.17. The third-order valence-electron chi connectivity index (χ3n) is 4.03. The molecular formula is C15H18N2O4. The van der Waals surface area contributed by atoms with Crippen molar-refractivity contribution in [2.75, 3.05) is 24.6 Å². The highest BCUT2D eigenvalue weighted by atomic mass is 16.5. The Morgan fingerprint density at radius 2 is 2.10 bits per heavy atom. The maximum Gasteiger partial charge on any atom is 0.334 e. The summed E-state index contributed by atoms with van der Waals surface area (Å²) in [4.78, 5) is 27.1. The van der Waals surface area contributed by atoms with Crippen LogP contribution in [-0.2, 0) is 16.0 Å². The molecule has 2 aliphatic heterocycles. The molecule has 1 aromatic carbocycles. The maximum absolute atomic E-state index is 12.7. The molecule has 3 rings (SSSR count). The van der Waals surface area contributed by atoms with E-state index in [-0.39, 0.29) is 25.2 Å². The van der Waals surface area contributed by atoms with Crippen LogP contribution in [0.4, 0.5) is 10.5 Å². The molecule has 112 valence electrons. The second kappa shape index (κ2) is 5.37. The first-order valence-electron chi connectivity index (χ1n) is 7.08. The number of carboxylic acids is 1. The lowest BCUT2D eigenvalue weighted by Crippen LogP contribution is -2.54. The molecule has 1 N–H and O–H groups in total. The highest BCUT2D eigenvalue weighted by Gasteiger charge is 2.36. The Balaban J connectivity index is 1.80. The Morgan fingerprint density at radius 3 is 2.86 bits per heavy atom. The van der Waals surface area contributed by atoms with E-state index in [1.807, 2.05) is 31.2 Å². The van der Waals surface area contributed by atoms with Crippen LogP contribution in [0, 0.1) is 0 Å². The van der Waals surface area contributed by atoms with Crippen LogP contribution in [0.2, 0.25) is 0 Å². The number of ether oxygens (including phenoxy) is 1. The van der Waals surface area contributed by atoms with Gasteiger partial charge in [0, 0.05) is 18.3 Å². The number of nitrogens with zero attached hydrogens (tertiary/aromatic N) is 2. The van der Waals surface area contributed by atoms with Crippen molar-refractivity contribution in [3.05, 3.63) is 29.8 Å². The van der Waals surface area contributed by atoms with Gasteiger partial charge in [0.15, 0.2) is 6.10 Å². The fourth-order valence-corrected chi connectivity index (χ4v) is 2.98. The molecule has 0 radical (unpaired) electrons. The summed E-state index contributed by atoms with van der Waals surface area (Å²) in [7, 11) is 0. The number of hydrogen-bond acceptors (Lipinski definition) is 3. The summed E-state index contributed by atoms with van der Waals surface area (Å²) >= 11 is 0. The average Bonchev–Trinajstić information content (AvgIpc) is 2.82. The summed E-state index contributed by atoms with van der Waals surface area (Å²) in [5.41, 5.74) is 2.08. The SMILES string of the molecule is CC1Cc2ccccc2N1C(=O)N1CCOC(C(=O)O)C1. The lowest BCUT2D eigenvalue weighted by atomic mass is 10.1. The molecular weight excluding hydrogens is 272 g/mol. The maximum atomic E-state index is 12.7. The highest BCUT2D eigenvalue weighted by molar-refractivity contribution is 5.95. The van der Waals surface area contributed by atoms with Gasteiger partial charge >= 0.3 is 12.0 Å². The van der Waals surface area contributed by atoms with Gasteiger partial charge in [0.05, 0.1) is 13.2 Å². The molecule has 1 fully saturated rings. The van der Waals surface area contributed by atoms with Crippen LogP contribution in [0.1, 0.15) is 12.5 Å². The molecule has 1 saturated heterocycles. The van der Waals surface area contributed by atoms with Gasteiger partial charge in [-0.25, -0.2) is 9.59 Å². The third-order valence-corrected chi connectivity index (χ3v) is 4.03. The molecule has 0 aliphatic carbocycles. The first kappa shape index (κ1) is 13.9. The summed E-state index contributed by atoms with van der Waals surface area (Å²) in [5.74, 6) is -1.03. The molecule has 0 saturated carbocycles. The van der Waals surface area contributed by atoms with E-state index >= 15 is 0 Å². The van der Waals surface area contributed by atoms with Crippen LogP contribution < -0.4 is 4.90 Å². The largest absolute Gasteiger partial charge is 0.479 e. The summed E-state index contributed by atoms with van der Waals surface area (Å²) in [6.45, 7) is 2.78. The molecule has 2 heterocycles. The second-order valence-corrected chi connectivity index (χ2v) is 5.48. The number of morpholine rings is 1. The van der Waals surface area contributed by atoms with Crippen LogP contribution in [-0.4, -0.2) is 53.8 Å². The van der Waals surface area contributed by atoms with E-state index in [1.165, 1.54) is 0 Å². The number of para-hydroxylation sites is 1. The number of amides is 2. The van der Waals surface area contributed by atoms with E-state index in [2.05, 4.69) is 0 Å². The predicted molar refractivity (Wildman–Crippen MR) is 76.4 cm³/mol. The lowest BCUT2D eigenvalue weighted by molar-refractivity contribution is -0.154. The zero-order valence-corrected chi connectivity index (χ0v) is 11.9. The number of anilines is 1. The fourth-order valence-electron chi connectivity index (χ4n) is 2.98. The monoisotopic (exact) mass is 290 g/mol. The van der Waals surface area contributed by atoms with Gasteiger partial charge in [-0.05, 0) is 25.0 Å². The highest BCUT2D eigenvalue weighted by Crippen LogP contribution is 2.32. The number of fused-ring (bicyclic) bond motifs is 1. The van der Waals surface area contributed by atoms with Crippen LogP contribution in [0.25, 0.3) is 0 Å². The molecule has 0 bridgehead atoms. The number of carbonyl (C=O) groups is 2. The number of rotatable bonds is 1. The Labute approximate surface area is 122 Å². The molecule has 1 aromatic rings. The van der Waals surface area contributed by atoms with Crippen molar-refractivity contribution in [2.24, 2.45) is 0 Å². The smallest absolute Gasteiger partial charge is 0.334 e. The quantitative estimate of drug-likeness (QED) is 0.847. The summed E-state index contributed by atoms with van der Waals surface area (Å²) in [6, 6.07) is 7.79. The number of benzene rings is 1. The van der Waals surface area contributed by atoms with Crippen LogP contribution in [0.3, 0.4) is 0 Å². The number of carbonyl (C=O) groups excluding carboxylic acids is 1. The van der Waals surface area contributed by atoms with Gasteiger partial charge in [-0.15, -0.1) is 0 Å². The van der Waals surface area contributed by atoms with Gasteiger partial charge in [0.2, 0.25) is 0 Å². The Morgan fingerprint density at radius 1 is 1.33 bits per heavy atom. The molecule has 0 spiro atoms. The Hall–Kier alpha value is -2.08. The molecule has 2 atom stereocenters. The van der Waals surface area contributed by atoms with Gasteiger partial charge in [0.25, 0.3) is 0 Å². The van der Waals surface area contributed by atoms with Gasteiger partial charge in [-0.2, -0.15) is 0 Å². The molecule has 2 aliphatic rings.